The Balaban J connectivity index is 1.74. The van der Waals surface area contributed by atoms with E-state index in [0.29, 0.717) is 38.1 Å². The van der Waals surface area contributed by atoms with Crippen LogP contribution in [0.2, 0.25) is 0 Å². The van der Waals surface area contributed by atoms with Crippen LogP contribution in [-0.4, -0.2) is 48.4 Å². The SMILES string of the molecule is CCOC(=O)N1CCC(NC(=O)CCC(=O)c2ccc(C(C)(C)C)cc2)CC1. The van der Waals surface area contributed by atoms with Crippen molar-refractivity contribution < 1.29 is 19.1 Å². The van der Waals surface area contributed by atoms with Crippen LogP contribution in [0.5, 0.6) is 0 Å². The normalized spacial score (nSPS) is 15.2. The van der Waals surface area contributed by atoms with E-state index in [1.165, 1.54) is 5.56 Å². The van der Waals surface area contributed by atoms with Gasteiger partial charge in [-0.25, -0.2) is 4.79 Å². The predicted molar refractivity (Wildman–Crippen MR) is 108 cm³/mol. The molecule has 0 radical (unpaired) electrons. The number of hydrogen-bond acceptors (Lipinski definition) is 4. The number of ketones is 1. The average molecular weight is 389 g/mol. The number of nitrogens with zero attached hydrogens (tertiary/aromatic N) is 1. The molecule has 1 heterocycles. The molecule has 1 aliphatic heterocycles. The zero-order valence-corrected chi connectivity index (χ0v) is 17.4. The largest absolute Gasteiger partial charge is 0.450 e. The fraction of sp³-hybridized carbons (Fsp3) is 0.591. The summed E-state index contributed by atoms with van der Waals surface area (Å²) in [4.78, 5) is 37.9. The highest BCUT2D eigenvalue weighted by molar-refractivity contribution is 5.98. The van der Waals surface area contributed by atoms with E-state index in [9.17, 15) is 14.4 Å². The van der Waals surface area contributed by atoms with Gasteiger partial charge in [-0.1, -0.05) is 45.0 Å². The molecule has 6 heteroatoms. The number of rotatable bonds is 6. The first-order valence-electron chi connectivity index (χ1n) is 10.1. The molecule has 0 saturated carbocycles. The zero-order valence-electron chi connectivity index (χ0n) is 17.4. The van der Waals surface area contributed by atoms with E-state index in [2.05, 4.69) is 26.1 Å². The molecule has 1 aromatic carbocycles. The summed E-state index contributed by atoms with van der Waals surface area (Å²) in [5, 5.41) is 2.98. The number of benzene rings is 1. The number of carbonyl (C=O) groups excluding carboxylic acids is 3. The second-order valence-corrected chi connectivity index (χ2v) is 8.28. The van der Waals surface area contributed by atoms with Crippen molar-refractivity contribution in [1.82, 2.24) is 10.2 Å². The molecule has 154 valence electrons. The van der Waals surface area contributed by atoms with Crippen molar-refractivity contribution in [2.75, 3.05) is 19.7 Å². The molecule has 0 atom stereocenters. The van der Waals surface area contributed by atoms with E-state index in [1.54, 1.807) is 11.8 Å². The Morgan fingerprint density at radius 2 is 1.68 bits per heavy atom. The molecular weight excluding hydrogens is 356 g/mol. The zero-order chi connectivity index (χ0) is 20.7. The van der Waals surface area contributed by atoms with Gasteiger partial charge in [0.15, 0.2) is 5.78 Å². The van der Waals surface area contributed by atoms with Gasteiger partial charge < -0.3 is 15.0 Å². The Morgan fingerprint density at radius 3 is 2.21 bits per heavy atom. The van der Waals surface area contributed by atoms with Gasteiger partial charge in [-0.15, -0.1) is 0 Å². The Morgan fingerprint density at radius 1 is 1.07 bits per heavy atom. The third-order valence-electron chi connectivity index (χ3n) is 5.04. The van der Waals surface area contributed by atoms with Crippen LogP contribution in [0.15, 0.2) is 24.3 Å². The molecule has 1 aromatic rings. The second-order valence-electron chi connectivity index (χ2n) is 8.28. The maximum atomic E-state index is 12.3. The molecule has 0 unspecified atom stereocenters. The Hall–Kier alpha value is -2.37. The highest BCUT2D eigenvalue weighted by atomic mass is 16.6. The van der Waals surface area contributed by atoms with Crippen LogP contribution < -0.4 is 5.32 Å². The summed E-state index contributed by atoms with van der Waals surface area (Å²) in [5.74, 6) is -0.137. The molecule has 0 aromatic heterocycles. The Labute approximate surface area is 167 Å². The first-order valence-corrected chi connectivity index (χ1v) is 10.1. The van der Waals surface area contributed by atoms with Gasteiger partial charge in [0.2, 0.25) is 5.91 Å². The van der Waals surface area contributed by atoms with Crippen LogP contribution >= 0.6 is 0 Å². The van der Waals surface area contributed by atoms with Crippen LogP contribution in [0, 0.1) is 0 Å². The lowest BCUT2D eigenvalue weighted by molar-refractivity contribution is -0.122. The first-order chi connectivity index (χ1) is 13.2. The molecule has 1 N–H and O–H groups in total. The van der Waals surface area contributed by atoms with Gasteiger partial charge in [0.1, 0.15) is 0 Å². The van der Waals surface area contributed by atoms with Gasteiger partial charge in [0.25, 0.3) is 0 Å². The van der Waals surface area contributed by atoms with Crippen molar-refractivity contribution in [3.8, 4) is 0 Å². The van der Waals surface area contributed by atoms with E-state index < -0.39 is 0 Å². The number of piperidine rings is 1. The van der Waals surface area contributed by atoms with Gasteiger partial charge in [0.05, 0.1) is 6.61 Å². The summed E-state index contributed by atoms with van der Waals surface area (Å²) in [5.41, 5.74) is 1.86. The molecule has 0 bridgehead atoms. The topological polar surface area (TPSA) is 75.7 Å². The first kappa shape index (κ1) is 21.9. The number of amides is 2. The van der Waals surface area contributed by atoms with Crippen LogP contribution in [0.3, 0.4) is 0 Å². The van der Waals surface area contributed by atoms with Crippen molar-refractivity contribution >= 4 is 17.8 Å². The maximum Gasteiger partial charge on any atom is 0.409 e. The second kappa shape index (κ2) is 9.71. The van der Waals surface area contributed by atoms with Crippen LogP contribution in [0.1, 0.15) is 69.3 Å². The fourth-order valence-corrected chi connectivity index (χ4v) is 3.25. The van der Waals surface area contributed by atoms with Gasteiger partial charge in [-0.05, 0) is 30.7 Å². The molecular formula is C22H32N2O4. The van der Waals surface area contributed by atoms with Crippen molar-refractivity contribution in [3.63, 3.8) is 0 Å². The number of carbonyl (C=O) groups is 3. The smallest absolute Gasteiger partial charge is 0.409 e. The number of nitrogens with one attached hydrogen (secondary N) is 1. The van der Waals surface area contributed by atoms with Crippen molar-refractivity contribution in [2.24, 2.45) is 0 Å². The average Bonchev–Trinajstić information content (AvgIpc) is 2.66. The van der Waals surface area contributed by atoms with Crippen molar-refractivity contribution in [2.45, 2.75) is 64.8 Å². The molecule has 6 nitrogen and oxygen atoms in total. The molecule has 2 rings (SSSR count). The molecule has 1 saturated heterocycles. The van der Waals surface area contributed by atoms with Crippen LogP contribution in [0.4, 0.5) is 4.79 Å². The molecule has 1 fully saturated rings. The minimum atomic E-state index is -0.296. The van der Waals surface area contributed by atoms with E-state index >= 15 is 0 Å². The highest BCUT2D eigenvalue weighted by Gasteiger charge is 2.24. The van der Waals surface area contributed by atoms with Gasteiger partial charge >= 0.3 is 6.09 Å². The number of likely N-dealkylation sites (tertiary alicyclic amines) is 1. The third-order valence-corrected chi connectivity index (χ3v) is 5.04. The lowest BCUT2D eigenvalue weighted by atomic mass is 9.86. The lowest BCUT2D eigenvalue weighted by Crippen LogP contribution is -2.46. The summed E-state index contributed by atoms with van der Waals surface area (Å²) in [6.45, 7) is 9.68. The fourth-order valence-electron chi connectivity index (χ4n) is 3.25. The molecule has 0 aliphatic carbocycles. The summed E-state index contributed by atoms with van der Waals surface area (Å²) in [6, 6.07) is 7.67. The van der Waals surface area contributed by atoms with Crippen LogP contribution in [0.25, 0.3) is 0 Å². The van der Waals surface area contributed by atoms with E-state index in [1.807, 2.05) is 24.3 Å². The van der Waals surface area contributed by atoms with E-state index in [4.69, 9.17) is 4.74 Å². The van der Waals surface area contributed by atoms with Gasteiger partial charge in [-0.3, -0.25) is 9.59 Å². The minimum absolute atomic E-state index is 0.0206. The monoisotopic (exact) mass is 388 g/mol. The maximum absolute atomic E-state index is 12.3. The van der Waals surface area contributed by atoms with E-state index in [0.717, 1.165) is 0 Å². The van der Waals surface area contributed by atoms with Gasteiger partial charge in [-0.2, -0.15) is 0 Å². The van der Waals surface area contributed by atoms with Crippen molar-refractivity contribution in [1.29, 1.82) is 0 Å². The quantitative estimate of drug-likeness (QED) is 0.754. The Bertz CT molecular complexity index is 683. The predicted octanol–water partition coefficient (Wildman–Crippen LogP) is 3.68. The minimum Gasteiger partial charge on any atom is -0.450 e. The molecule has 28 heavy (non-hydrogen) atoms. The number of Topliss-reactive ketones (excluding diaryl/α,β-unsaturated/α-hetero) is 1. The summed E-state index contributed by atoms with van der Waals surface area (Å²) in [7, 11) is 0. The third kappa shape index (κ3) is 6.36. The lowest BCUT2D eigenvalue weighted by Gasteiger charge is -2.31. The van der Waals surface area contributed by atoms with E-state index in [-0.39, 0.29) is 42.1 Å². The Kier molecular flexibility index (Phi) is 7.61. The van der Waals surface area contributed by atoms with Crippen LogP contribution in [-0.2, 0) is 14.9 Å². The summed E-state index contributed by atoms with van der Waals surface area (Å²) in [6.07, 6.45) is 1.48. The highest BCUT2D eigenvalue weighted by Crippen LogP contribution is 2.22. The summed E-state index contributed by atoms with van der Waals surface area (Å²) >= 11 is 0. The van der Waals surface area contributed by atoms with Crippen molar-refractivity contribution in [3.05, 3.63) is 35.4 Å². The molecule has 0 spiro atoms. The standard InChI is InChI=1S/C22H32N2O4/c1-5-28-21(27)24-14-12-18(13-15-24)23-20(26)11-10-19(25)16-6-8-17(9-7-16)22(2,3)4/h6-9,18H,5,10-15H2,1-4H3,(H,23,26). The molecule has 2 amide bonds. The van der Waals surface area contributed by atoms with Gasteiger partial charge in [0, 0.05) is 37.5 Å². The number of ether oxygens (including phenoxy) is 1. The molecule has 1 aliphatic rings. The number of hydrogen-bond donors (Lipinski definition) is 1. The summed E-state index contributed by atoms with van der Waals surface area (Å²) < 4.78 is 4.99.